The normalized spacial score (nSPS) is 24.7. The largest absolute Gasteiger partial charge is 0.394 e. The summed E-state index contributed by atoms with van der Waals surface area (Å²) in [4.78, 5) is 13.0. The van der Waals surface area contributed by atoms with E-state index in [4.69, 9.17) is 18.9 Å². The smallest absolute Gasteiger partial charge is 0.220 e. The minimum atomic E-state index is -1.78. The van der Waals surface area contributed by atoms with Gasteiger partial charge in [-0.15, -0.1) is 0 Å². The minimum absolute atomic E-state index is 0.246. The van der Waals surface area contributed by atoms with E-state index in [2.05, 4.69) is 12.2 Å². The van der Waals surface area contributed by atoms with E-state index < -0.39 is 86.8 Å². The van der Waals surface area contributed by atoms with E-state index >= 15 is 0 Å². The summed E-state index contributed by atoms with van der Waals surface area (Å²) in [6.45, 7) is 2.59. The van der Waals surface area contributed by atoms with Crippen molar-refractivity contribution in [3.63, 3.8) is 0 Å². The number of carbonyl (C=O) groups excluding carboxylic acids is 1. The number of aliphatic hydroxyl groups excluding tert-OH is 8. The van der Waals surface area contributed by atoms with Crippen LogP contribution in [0, 0.1) is 0 Å². The fourth-order valence-electron chi connectivity index (χ4n) is 11.0. The fourth-order valence-corrected chi connectivity index (χ4v) is 11.0. The van der Waals surface area contributed by atoms with Gasteiger partial charge < -0.3 is 65.1 Å². The first kappa shape index (κ1) is 71.8. The summed E-state index contributed by atoms with van der Waals surface area (Å²) in [6, 6.07) is -0.906. The molecule has 0 aromatic carbocycles. The molecule has 0 aliphatic carbocycles. The van der Waals surface area contributed by atoms with Crippen LogP contribution in [0.2, 0.25) is 0 Å². The van der Waals surface area contributed by atoms with Gasteiger partial charge in [-0.3, -0.25) is 4.79 Å². The Hall–Kier alpha value is -1.27. The number of unbranched alkanes of at least 4 members (excludes halogenated alkanes) is 40. The van der Waals surface area contributed by atoms with Crippen molar-refractivity contribution in [2.45, 2.75) is 364 Å². The quantitative estimate of drug-likeness (QED) is 0.0204. The van der Waals surface area contributed by atoms with Crippen LogP contribution in [0.15, 0.2) is 12.2 Å². The van der Waals surface area contributed by atoms with Crippen molar-refractivity contribution in [1.29, 1.82) is 0 Å². The second-order valence-electron chi connectivity index (χ2n) is 23.3. The van der Waals surface area contributed by atoms with Gasteiger partial charge in [0.1, 0.15) is 48.8 Å². The Kier molecular flexibility index (Phi) is 46.0. The average molecular weight is 1100 g/mol. The molecule has 14 nitrogen and oxygen atoms in total. The highest BCUT2D eigenvalue weighted by Crippen LogP contribution is 2.30. The van der Waals surface area contributed by atoms with E-state index in [0.29, 0.717) is 6.42 Å². The van der Waals surface area contributed by atoms with Crippen molar-refractivity contribution in [1.82, 2.24) is 5.32 Å². The lowest BCUT2D eigenvalue weighted by Gasteiger charge is -2.46. The van der Waals surface area contributed by atoms with Crippen LogP contribution >= 0.6 is 0 Å². The van der Waals surface area contributed by atoms with Gasteiger partial charge in [-0.25, -0.2) is 0 Å². The van der Waals surface area contributed by atoms with Crippen molar-refractivity contribution in [2.75, 3.05) is 19.8 Å². The van der Waals surface area contributed by atoms with Gasteiger partial charge in [-0.2, -0.15) is 0 Å². The molecule has 77 heavy (non-hydrogen) atoms. The SMILES string of the molecule is CCC/C=C/C(O)C(COC1OC(CO)C(OC2OC(CO)C(O)C(O)C2O)C(O)C1O)NC(=O)CCCCCCCCCCCCCCCCCCCCCCCCCCCCCCCCCCCCCCCCCC. The second kappa shape index (κ2) is 49.3. The predicted octanol–water partition coefficient (Wildman–Crippen LogP) is 11.8. The highest BCUT2D eigenvalue weighted by atomic mass is 16.7. The van der Waals surface area contributed by atoms with Crippen molar-refractivity contribution in [2.24, 2.45) is 0 Å². The number of hydrogen-bond acceptors (Lipinski definition) is 13. The summed E-state index contributed by atoms with van der Waals surface area (Å²) in [5.41, 5.74) is 0. The Bertz CT molecular complexity index is 1340. The van der Waals surface area contributed by atoms with Crippen molar-refractivity contribution >= 4 is 5.91 Å². The predicted molar refractivity (Wildman–Crippen MR) is 309 cm³/mol. The van der Waals surface area contributed by atoms with Crippen molar-refractivity contribution in [3.8, 4) is 0 Å². The maximum absolute atomic E-state index is 13.0. The zero-order valence-corrected chi connectivity index (χ0v) is 49.2. The molecule has 9 N–H and O–H groups in total. The summed E-state index contributed by atoms with van der Waals surface area (Å²) in [6.07, 6.45) is 43.1. The molecular weight excluding hydrogens is 979 g/mol. The zero-order valence-electron chi connectivity index (χ0n) is 49.2. The Morgan fingerprint density at radius 2 is 0.805 bits per heavy atom. The Morgan fingerprint density at radius 3 is 1.17 bits per heavy atom. The number of nitrogens with one attached hydrogen (secondary N) is 1. The van der Waals surface area contributed by atoms with E-state index in [1.54, 1.807) is 6.08 Å². The van der Waals surface area contributed by atoms with Crippen LogP contribution in [0.3, 0.4) is 0 Å². The number of hydrogen-bond donors (Lipinski definition) is 9. The molecule has 0 bridgehead atoms. The van der Waals surface area contributed by atoms with Gasteiger partial charge in [0, 0.05) is 6.42 Å². The minimum Gasteiger partial charge on any atom is -0.394 e. The van der Waals surface area contributed by atoms with E-state index in [0.717, 1.165) is 32.1 Å². The number of ether oxygens (including phenoxy) is 4. The number of rotatable bonds is 53. The molecule has 2 heterocycles. The molecule has 0 aromatic rings. The van der Waals surface area contributed by atoms with Crippen molar-refractivity contribution < 1.29 is 64.6 Å². The number of carbonyl (C=O) groups is 1. The lowest BCUT2D eigenvalue weighted by Crippen LogP contribution is -2.65. The summed E-state index contributed by atoms with van der Waals surface area (Å²) in [5, 5.41) is 86.1. The Morgan fingerprint density at radius 1 is 0.455 bits per heavy atom. The van der Waals surface area contributed by atoms with Crippen LogP contribution in [0.1, 0.15) is 290 Å². The molecule has 1 amide bonds. The van der Waals surface area contributed by atoms with Gasteiger partial charge in [-0.05, 0) is 12.8 Å². The van der Waals surface area contributed by atoms with E-state index in [9.17, 15) is 45.6 Å². The maximum atomic E-state index is 13.0. The molecule has 14 heteroatoms. The highest BCUT2D eigenvalue weighted by molar-refractivity contribution is 5.76. The Labute approximate surface area is 469 Å². The molecule has 2 rings (SSSR count). The van der Waals surface area contributed by atoms with E-state index in [1.165, 1.54) is 231 Å². The van der Waals surface area contributed by atoms with Gasteiger partial charge in [0.25, 0.3) is 0 Å². The topological polar surface area (TPSA) is 228 Å². The van der Waals surface area contributed by atoms with E-state index in [1.807, 2.05) is 13.0 Å². The first-order chi connectivity index (χ1) is 37.6. The molecule has 0 aromatic heterocycles. The van der Waals surface area contributed by atoms with Gasteiger partial charge >= 0.3 is 0 Å². The lowest BCUT2D eigenvalue weighted by molar-refractivity contribution is -0.359. The first-order valence-corrected chi connectivity index (χ1v) is 32.4. The summed E-state index contributed by atoms with van der Waals surface area (Å²) in [7, 11) is 0. The van der Waals surface area contributed by atoms with E-state index in [-0.39, 0.29) is 18.9 Å². The van der Waals surface area contributed by atoms with Crippen LogP contribution in [0.4, 0.5) is 0 Å². The monoisotopic (exact) mass is 1100 g/mol. The number of allylic oxidation sites excluding steroid dienone is 1. The van der Waals surface area contributed by atoms with Gasteiger partial charge in [0.05, 0.1) is 32.0 Å². The maximum Gasteiger partial charge on any atom is 0.220 e. The molecule has 456 valence electrons. The third kappa shape index (κ3) is 34.7. The molecular formula is C63H121NO13. The van der Waals surface area contributed by atoms with Gasteiger partial charge in [-0.1, -0.05) is 283 Å². The molecule has 0 saturated carbocycles. The molecule has 2 fully saturated rings. The molecule has 2 saturated heterocycles. The molecule has 12 unspecified atom stereocenters. The van der Waals surface area contributed by atoms with Crippen LogP contribution in [0.25, 0.3) is 0 Å². The molecule has 12 atom stereocenters. The summed E-state index contributed by atoms with van der Waals surface area (Å²) < 4.78 is 22.5. The molecule has 0 radical (unpaired) electrons. The fraction of sp³-hybridized carbons (Fsp3) is 0.952. The summed E-state index contributed by atoms with van der Waals surface area (Å²) in [5.74, 6) is -0.246. The highest BCUT2D eigenvalue weighted by Gasteiger charge is 2.51. The van der Waals surface area contributed by atoms with Crippen LogP contribution in [-0.4, -0.2) is 140 Å². The number of aliphatic hydroxyl groups is 8. The molecule has 0 spiro atoms. The molecule has 2 aliphatic rings. The zero-order chi connectivity index (χ0) is 56.0. The van der Waals surface area contributed by atoms with Crippen LogP contribution in [0.5, 0.6) is 0 Å². The Balaban J connectivity index is 1.40. The average Bonchev–Trinajstić information content (AvgIpc) is 3.44. The second-order valence-corrected chi connectivity index (χ2v) is 23.3. The first-order valence-electron chi connectivity index (χ1n) is 32.4. The van der Waals surface area contributed by atoms with Crippen LogP contribution < -0.4 is 5.32 Å². The number of amides is 1. The van der Waals surface area contributed by atoms with Gasteiger partial charge in [0.2, 0.25) is 5.91 Å². The van der Waals surface area contributed by atoms with Gasteiger partial charge in [0.15, 0.2) is 12.6 Å². The standard InChI is InChI=1S/C63H121NO13/c1-3-5-7-8-9-10-11-12-13-14-15-16-17-18-19-20-21-22-23-24-25-26-27-28-29-30-31-32-33-34-35-36-37-38-39-40-41-42-43-45-47-55(68)64-51(52(67)46-44-6-4-2)50-74-62-60(73)58(71)61(54(49-66)76-62)77-63-59(72)57(70)56(69)53(48-65)75-63/h44,46,51-54,56-63,65-67,69-73H,3-43,45,47-50H2,1-2H3,(H,64,68)/b46-44+. The van der Waals surface area contributed by atoms with Crippen LogP contribution in [-0.2, 0) is 23.7 Å². The molecule has 2 aliphatic heterocycles. The lowest BCUT2D eigenvalue weighted by atomic mass is 9.97. The third-order valence-electron chi connectivity index (χ3n) is 16.2. The summed E-state index contributed by atoms with van der Waals surface area (Å²) >= 11 is 0. The van der Waals surface area contributed by atoms with Crippen molar-refractivity contribution in [3.05, 3.63) is 12.2 Å². The third-order valence-corrected chi connectivity index (χ3v) is 16.2.